The number of thiophene rings is 2. The van der Waals surface area contributed by atoms with E-state index in [1.54, 1.807) is 22.7 Å². The van der Waals surface area contributed by atoms with E-state index < -0.39 is 0 Å². The second kappa shape index (κ2) is 8.66. The molecule has 0 unspecified atom stereocenters. The van der Waals surface area contributed by atoms with Crippen molar-refractivity contribution in [2.24, 2.45) is 0 Å². The molecule has 0 bridgehead atoms. The van der Waals surface area contributed by atoms with Crippen LogP contribution < -0.4 is 0 Å². The molecule has 0 amide bonds. The van der Waals surface area contributed by atoms with Gasteiger partial charge < -0.3 is 0 Å². The predicted molar refractivity (Wildman–Crippen MR) is 187 cm³/mol. The van der Waals surface area contributed by atoms with Gasteiger partial charge in [-0.15, -0.1) is 45.3 Å². The monoisotopic (exact) mass is 606 g/mol. The van der Waals surface area contributed by atoms with E-state index in [9.17, 15) is 0 Å². The Morgan fingerprint density at radius 3 is 1.31 bits per heavy atom. The van der Waals surface area contributed by atoms with Gasteiger partial charge in [0.1, 0.15) is 10.0 Å². The summed E-state index contributed by atoms with van der Waals surface area (Å²) in [6, 6.07) is 39.9. The highest BCUT2D eigenvalue weighted by Crippen LogP contribution is 2.41. The third-order valence-corrected chi connectivity index (χ3v) is 12.5. The first kappa shape index (κ1) is 23.4. The third kappa shape index (κ3) is 3.47. The maximum atomic E-state index is 5.09. The van der Waals surface area contributed by atoms with E-state index >= 15 is 0 Å². The normalized spacial score (nSPS) is 12.3. The summed E-state index contributed by atoms with van der Waals surface area (Å²) in [6.45, 7) is 0. The lowest BCUT2D eigenvalue weighted by Gasteiger charge is -1.97. The average Bonchev–Trinajstić information content (AvgIpc) is 3.79. The Labute approximate surface area is 255 Å². The summed E-state index contributed by atoms with van der Waals surface area (Å²) in [5, 5.41) is 9.86. The van der Waals surface area contributed by atoms with Crippen molar-refractivity contribution in [1.29, 1.82) is 0 Å². The second-order valence-electron chi connectivity index (χ2n) is 10.6. The molecule has 0 fully saturated rings. The summed E-state index contributed by atoms with van der Waals surface area (Å²) >= 11 is 7.24. The summed E-state index contributed by atoms with van der Waals surface area (Å²) in [5.41, 5.74) is 4.47. The van der Waals surface area contributed by atoms with Gasteiger partial charge >= 0.3 is 0 Å². The molecule has 0 aliphatic heterocycles. The first-order valence-corrected chi connectivity index (χ1v) is 17.0. The number of benzene rings is 6. The minimum Gasteiger partial charge on any atom is -0.236 e. The van der Waals surface area contributed by atoms with Gasteiger partial charge in [-0.25, -0.2) is 9.97 Å². The zero-order valence-corrected chi connectivity index (χ0v) is 25.2. The molecule has 0 spiro atoms. The highest BCUT2D eigenvalue weighted by atomic mass is 32.1. The Bertz CT molecular complexity index is 2450. The van der Waals surface area contributed by atoms with Crippen LogP contribution in [0.1, 0.15) is 0 Å². The number of hydrogen-bond donors (Lipinski definition) is 0. The average molecular weight is 607 g/mol. The minimum atomic E-state index is 1.05. The molecule has 0 aliphatic rings. The Kier molecular flexibility index (Phi) is 4.82. The highest BCUT2D eigenvalue weighted by Gasteiger charge is 2.14. The van der Waals surface area contributed by atoms with Crippen LogP contribution in [-0.2, 0) is 0 Å². The quantitative estimate of drug-likeness (QED) is 0.196. The summed E-state index contributed by atoms with van der Waals surface area (Å²) < 4.78 is 7.70. The second-order valence-corrected chi connectivity index (χ2v) is 14.9. The number of rotatable bonds is 2. The van der Waals surface area contributed by atoms with Crippen LogP contribution in [-0.4, -0.2) is 9.97 Å². The zero-order valence-electron chi connectivity index (χ0n) is 21.9. The van der Waals surface area contributed by atoms with Gasteiger partial charge in [0, 0.05) is 51.5 Å². The van der Waals surface area contributed by atoms with Crippen molar-refractivity contribution < 1.29 is 0 Å². The van der Waals surface area contributed by atoms with E-state index in [1.807, 2.05) is 22.7 Å². The van der Waals surface area contributed by atoms with Gasteiger partial charge in [0.25, 0.3) is 0 Å². The summed E-state index contributed by atoms with van der Waals surface area (Å²) in [4.78, 5) is 10.2. The molecule has 0 saturated carbocycles. The van der Waals surface area contributed by atoms with Crippen LogP contribution >= 0.6 is 45.3 Å². The van der Waals surface area contributed by atoms with Crippen molar-refractivity contribution in [2.45, 2.75) is 0 Å². The largest absolute Gasteiger partial charge is 0.236 e. The van der Waals surface area contributed by atoms with Gasteiger partial charge in [0.15, 0.2) is 0 Å². The summed E-state index contributed by atoms with van der Waals surface area (Å²) in [5.74, 6) is 0. The molecule has 10 aromatic rings. The molecule has 10 rings (SSSR count). The molecule has 0 aliphatic carbocycles. The lowest BCUT2D eigenvalue weighted by Crippen LogP contribution is -1.77. The van der Waals surface area contributed by atoms with E-state index in [2.05, 4.69) is 109 Å². The SMILES string of the molecule is c1ccc2c(c1)sc1cc(-c3nc4cc5cc6sc(-c7ccc8c(c7)sc7ccccc78)nc6cc5cc4s3)ccc12. The standard InChI is InChI=1S/C36H18N2S4/c1-3-7-29-23(5-1)25-11-9-19(15-31(25)39-29)35-37-27-13-21-18-34-28(14-22(21)17-33(27)41-35)38-36(42-34)20-10-12-26-24-6-2-4-8-30(24)40-32(26)16-20/h1-18H. The van der Waals surface area contributed by atoms with E-state index in [0.29, 0.717) is 0 Å². The smallest absolute Gasteiger partial charge is 0.124 e. The number of nitrogens with zero attached hydrogens (tertiary/aromatic N) is 2. The van der Waals surface area contributed by atoms with Crippen molar-refractivity contribution in [3.63, 3.8) is 0 Å². The topological polar surface area (TPSA) is 25.8 Å². The molecule has 196 valence electrons. The van der Waals surface area contributed by atoms with Crippen LogP contribution in [0.15, 0.2) is 109 Å². The maximum absolute atomic E-state index is 5.09. The van der Waals surface area contributed by atoms with E-state index in [0.717, 1.165) is 21.0 Å². The molecular weight excluding hydrogens is 589 g/mol. The summed E-state index contributed by atoms with van der Waals surface area (Å²) in [7, 11) is 0. The molecular formula is C36H18N2S4. The molecule has 2 nitrogen and oxygen atoms in total. The molecule has 0 radical (unpaired) electrons. The highest BCUT2D eigenvalue weighted by molar-refractivity contribution is 7.26. The molecule has 42 heavy (non-hydrogen) atoms. The Morgan fingerprint density at radius 2 is 0.810 bits per heavy atom. The number of fused-ring (bicyclic) bond motifs is 9. The van der Waals surface area contributed by atoms with Crippen LogP contribution in [0.3, 0.4) is 0 Å². The molecule has 0 N–H and O–H groups in total. The van der Waals surface area contributed by atoms with Gasteiger partial charge in [-0.1, -0.05) is 60.7 Å². The molecule has 4 heterocycles. The molecule has 0 atom stereocenters. The van der Waals surface area contributed by atoms with Crippen LogP contribution in [0.4, 0.5) is 0 Å². The first-order chi connectivity index (χ1) is 20.7. The fourth-order valence-corrected chi connectivity index (χ4v) is 10.3. The molecule has 6 aromatic carbocycles. The fraction of sp³-hybridized carbons (Fsp3) is 0. The van der Waals surface area contributed by atoms with Crippen LogP contribution in [0, 0.1) is 0 Å². The number of hydrogen-bond acceptors (Lipinski definition) is 6. The van der Waals surface area contributed by atoms with Gasteiger partial charge in [-0.05, 0) is 59.3 Å². The van der Waals surface area contributed by atoms with Gasteiger partial charge in [-0.2, -0.15) is 0 Å². The van der Waals surface area contributed by atoms with E-state index in [1.165, 1.54) is 71.6 Å². The third-order valence-electron chi connectivity index (χ3n) is 8.10. The van der Waals surface area contributed by atoms with Crippen molar-refractivity contribution in [1.82, 2.24) is 9.97 Å². The summed E-state index contributed by atoms with van der Waals surface area (Å²) in [6.07, 6.45) is 0. The minimum absolute atomic E-state index is 1.05. The van der Waals surface area contributed by atoms with Crippen LogP contribution in [0.25, 0.3) is 92.7 Å². The lowest BCUT2D eigenvalue weighted by atomic mass is 10.1. The first-order valence-electron chi connectivity index (χ1n) is 13.7. The van der Waals surface area contributed by atoms with Crippen LogP contribution in [0.2, 0.25) is 0 Å². The van der Waals surface area contributed by atoms with Crippen molar-refractivity contribution in [3.8, 4) is 21.1 Å². The fourth-order valence-electron chi connectivity index (χ4n) is 6.06. The van der Waals surface area contributed by atoms with Crippen molar-refractivity contribution >= 4 is 117 Å². The predicted octanol–water partition coefficient (Wildman–Crippen LogP) is 12.1. The molecule has 6 heteroatoms. The molecule has 4 aromatic heterocycles. The van der Waals surface area contributed by atoms with Gasteiger partial charge in [0.05, 0.1) is 20.4 Å². The van der Waals surface area contributed by atoms with Crippen molar-refractivity contribution in [3.05, 3.63) is 109 Å². The van der Waals surface area contributed by atoms with Crippen LogP contribution in [0.5, 0.6) is 0 Å². The number of thiazole rings is 2. The van der Waals surface area contributed by atoms with E-state index in [4.69, 9.17) is 9.97 Å². The van der Waals surface area contributed by atoms with Crippen molar-refractivity contribution in [2.75, 3.05) is 0 Å². The Hall–Kier alpha value is -4.20. The van der Waals surface area contributed by atoms with E-state index in [-0.39, 0.29) is 0 Å². The maximum Gasteiger partial charge on any atom is 0.124 e. The Morgan fingerprint density at radius 1 is 0.357 bits per heavy atom. The molecule has 0 saturated heterocycles. The lowest BCUT2D eigenvalue weighted by molar-refractivity contribution is 1.49. The number of aromatic nitrogens is 2. The van der Waals surface area contributed by atoms with Gasteiger partial charge in [0.2, 0.25) is 0 Å². The zero-order chi connectivity index (χ0) is 27.4. The van der Waals surface area contributed by atoms with Gasteiger partial charge in [-0.3, -0.25) is 0 Å². The Balaban J connectivity index is 1.06.